The van der Waals surface area contributed by atoms with Crippen LogP contribution < -0.4 is 0 Å². The van der Waals surface area contributed by atoms with Crippen LogP contribution in [0.25, 0.3) is 11.0 Å². The lowest BCUT2D eigenvalue weighted by molar-refractivity contribution is 0.0741. The first-order valence-electron chi connectivity index (χ1n) is 14.4. The summed E-state index contributed by atoms with van der Waals surface area (Å²) in [5, 5.41) is 0. The van der Waals surface area contributed by atoms with Crippen molar-refractivity contribution >= 4 is 16.9 Å². The first kappa shape index (κ1) is 26.2. The molecule has 2 fully saturated rings. The van der Waals surface area contributed by atoms with E-state index in [-0.39, 0.29) is 5.91 Å². The fraction of sp³-hybridized carbons (Fsp3) is 0.733. The number of hydrogen-bond donors (Lipinski definition) is 0. The summed E-state index contributed by atoms with van der Waals surface area (Å²) in [5.41, 5.74) is 3.03. The molecule has 194 valence electrons. The van der Waals surface area contributed by atoms with Gasteiger partial charge in [0, 0.05) is 31.1 Å². The van der Waals surface area contributed by atoms with Gasteiger partial charge < -0.3 is 14.4 Å². The third kappa shape index (κ3) is 6.87. The van der Waals surface area contributed by atoms with Crippen molar-refractivity contribution in [1.29, 1.82) is 0 Å². The largest absolute Gasteiger partial charge is 0.339 e. The number of aromatic nitrogens is 2. The highest BCUT2D eigenvalue weighted by Crippen LogP contribution is 2.37. The van der Waals surface area contributed by atoms with Crippen LogP contribution in [-0.2, 0) is 6.54 Å². The van der Waals surface area contributed by atoms with Crippen molar-refractivity contribution < 1.29 is 4.79 Å². The Balaban J connectivity index is 1.55. The van der Waals surface area contributed by atoms with Crippen molar-refractivity contribution in [2.24, 2.45) is 11.8 Å². The minimum atomic E-state index is 0.180. The molecule has 2 aliphatic rings. The van der Waals surface area contributed by atoms with Gasteiger partial charge in [-0.1, -0.05) is 40.5 Å². The average molecular weight is 481 g/mol. The number of benzene rings is 1. The zero-order valence-corrected chi connectivity index (χ0v) is 22.8. The Kier molecular flexibility index (Phi) is 9.27. The molecular weight excluding hydrogens is 432 g/mol. The van der Waals surface area contributed by atoms with Crippen molar-refractivity contribution in [3.63, 3.8) is 0 Å². The fourth-order valence-electron chi connectivity index (χ4n) is 5.45. The van der Waals surface area contributed by atoms with E-state index >= 15 is 0 Å². The summed E-state index contributed by atoms with van der Waals surface area (Å²) in [4.78, 5) is 23.4. The van der Waals surface area contributed by atoms with Crippen molar-refractivity contribution in [2.75, 3.05) is 32.7 Å². The van der Waals surface area contributed by atoms with Crippen molar-refractivity contribution in [3.05, 3.63) is 29.6 Å². The predicted octanol–water partition coefficient (Wildman–Crippen LogP) is 6.71. The maximum atomic E-state index is 13.6. The van der Waals surface area contributed by atoms with Crippen LogP contribution in [-0.4, -0.2) is 58.0 Å². The topological polar surface area (TPSA) is 41.4 Å². The number of carbonyl (C=O) groups is 1. The van der Waals surface area contributed by atoms with Crippen LogP contribution in [0.15, 0.2) is 18.2 Å². The molecule has 1 aromatic heterocycles. The molecule has 5 heteroatoms. The van der Waals surface area contributed by atoms with Crippen molar-refractivity contribution in [1.82, 2.24) is 19.4 Å². The summed E-state index contributed by atoms with van der Waals surface area (Å²) in [6.45, 7) is 15.3. The van der Waals surface area contributed by atoms with Gasteiger partial charge in [-0.3, -0.25) is 4.79 Å². The first-order chi connectivity index (χ1) is 16.9. The Bertz CT molecular complexity index is 941. The highest BCUT2D eigenvalue weighted by molar-refractivity contribution is 5.97. The summed E-state index contributed by atoms with van der Waals surface area (Å²) in [7, 11) is 0. The Morgan fingerprint density at radius 2 is 1.66 bits per heavy atom. The van der Waals surface area contributed by atoms with Gasteiger partial charge in [-0.05, 0) is 94.6 Å². The number of nitrogens with zero attached hydrogens (tertiary/aromatic N) is 4. The summed E-state index contributed by atoms with van der Waals surface area (Å²) in [5.74, 6) is 3.21. The summed E-state index contributed by atoms with van der Waals surface area (Å²) in [6, 6.07) is 6.25. The summed E-state index contributed by atoms with van der Waals surface area (Å²) >= 11 is 0. The second-order valence-corrected chi connectivity index (χ2v) is 11.9. The molecule has 0 radical (unpaired) electrons. The molecule has 35 heavy (non-hydrogen) atoms. The van der Waals surface area contributed by atoms with Gasteiger partial charge in [0.25, 0.3) is 5.91 Å². The molecule has 2 aromatic rings. The highest BCUT2D eigenvalue weighted by atomic mass is 16.2. The van der Waals surface area contributed by atoms with Gasteiger partial charge in [-0.25, -0.2) is 4.98 Å². The molecule has 1 aliphatic carbocycles. The summed E-state index contributed by atoms with van der Waals surface area (Å²) in [6.07, 6.45) is 11.1. The monoisotopic (exact) mass is 480 g/mol. The van der Waals surface area contributed by atoms with E-state index in [1.165, 1.54) is 64.0 Å². The van der Waals surface area contributed by atoms with Crippen LogP contribution >= 0.6 is 0 Å². The number of imidazole rings is 1. The van der Waals surface area contributed by atoms with E-state index in [1.54, 1.807) is 0 Å². The maximum absolute atomic E-state index is 13.6. The molecule has 1 aliphatic heterocycles. The number of aryl methyl sites for hydroxylation is 1. The number of likely N-dealkylation sites (tertiary alicyclic amines) is 1. The molecule has 5 nitrogen and oxygen atoms in total. The normalized spacial score (nSPS) is 17.4. The smallest absolute Gasteiger partial charge is 0.253 e. The standard InChI is InChI=1S/C30H48N4O/c1-23(2)14-20-33(21-15-24(3)4)30(35)26-12-13-27-28(22-26)34(29(31-27)25-10-8-11-25)19-9-18-32-16-6-5-7-17-32/h12-13,22-25H,5-11,14-21H2,1-4H3. The van der Waals surface area contributed by atoms with Crippen LogP contribution in [0.4, 0.5) is 0 Å². The molecule has 2 heterocycles. The quantitative estimate of drug-likeness (QED) is 0.339. The highest BCUT2D eigenvalue weighted by Gasteiger charge is 2.26. The van der Waals surface area contributed by atoms with Crippen molar-refractivity contribution in [3.8, 4) is 0 Å². The molecular formula is C30H48N4O. The Labute approximate surface area is 213 Å². The zero-order valence-electron chi connectivity index (χ0n) is 22.8. The molecule has 4 rings (SSSR count). The van der Waals surface area contributed by atoms with E-state index in [0.29, 0.717) is 17.8 Å². The van der Waals surface area contributed by atoms with Gasteiger partial charge in [-0.15, -0.1) is 0 Å². The third-order valence-electron chi connectivity index (χ3n) is 8.04. The second kappa shape index (κ2) is 12.4. The average Bonchev–Trinajstić information content (AvgIpc) is 3.15. The lowest BCUT2D eigenvalue weighted by Crippen LogP contribution is -2.34. The number of fused-ring (bicyclic) bond motifs is 1. The lowest BCUT2D eigenvalue weighted by atomic mass is 9.85. The van der Waals surface area contributed by atoms with Gasteiger partial charge in [0.2, 0.25) is 0 Å². The van der Waals surface area contributed by atoms with E-state index in [9.17, 15) is 4.79 Å². The van der Waals surface area contributed by atoms with E-state index in [4.69, 9.17) is 4.98 Å². The molecule has 0 spiro atoms. The molecule has 0 unspecified atom stereocenters. The van der Waals surface area contributed by atoms with E-state index in [1.807, 2.05) is 6.07 Å². The molecule has 1 saturated heterocycles. The van der Waals surface area contributed by atoms with Gasteiger partial charge >= 0.3 is 0 Å². The minimum Gasteiger partial charge on any atom is -0.339 e. The number of rotatable bonds is 12. The Morgan fingerprint density at radius 3 is 2.26 bits per heavy atom. The van der Waals surface area contributed by atoms with Gasteiger partial charge in [0.1, 0.15) is 5.82 Å². The molecule has 0 N–H and O–H groups in total. The SMILES string of the molecule is CC(C)CCN(CCC(C)C)C(=O)c1ccc2nc(C3CCC3)n(CCCN3CCCCC3)c2c1. The molecule has 1 saturated carbocycles. The van der Waals surface area contributed by atoms with E-state index in [2.05, 4.69) is 54.2 Å². The number of carbonyl (C=O) groups excluding carboxylic acids is 1. The van der Waals surface area contributed by atoms with Crippen LogP contribution in [0.3, 0.4) is 0 Å². The van der Waals surface area contributed by atoms with E-state index < -0.39 is 0 Å². The second-order valence-electron chi connectivity index (χ2n) is 11.9. The summed E-state index contributed by atoms with van der Waals surface area (Å²) < 4.78 is 2.46. The lowest BCUT2D eigenvalue weighted by Gasteiger charge is -2.28. The third-order valence-corrected chi connectivity index (χ3v) is 8.04. The number of amides is 1. The molecule has 0 atom stereocenters. The zero-order chi connectivity index (χ0) is 24.8. The van der Waals surface area contributed by atoms with Crippen LogP contribution in [0.2, 0.25) is 0 Å². The maximum Gasteiger partial charge on any atom is 0.253 e. The van der Waals surface area contributed by atoms with Gasteiger partial charge in [0.15, 0.2) is 0 Å². The molecule has 0 bridgehead atoms. The first-order valence-corrected chi connectivity index (χ1v) is 14.4. The van der Waals surface area contributed by atoms with Crippen LogP contribution in [0.5, 0.6) is 0 Å². The van der Waals surface area contributed by atoms with Crippen LogP contribution in [0.1, 0.15) is 108 Å². The predicted molar refractivity (Wildman–Crippen MR) is 146 cm³/mol. The van der Waals surface area contributed by atoms with Gasteiger partial charge in [0.05, 0.1) is 11.0 Å². The van der Waals surface area contributed by atoms with Gasteiger partial charge in [-0.2, -0.15) is 0 Å². The minimum absolute atomic E-state index is 0.180. The van der Waals surface area contributed by atoms with Crippen LogP contribution in [0, 0.1) is 11.8 Å². The van der Waals surface area contributed by atoms with E-state index in [0.717, 1.165) is 55.5 Å². The Morgan fingerprint density at radius 1 is 0.971 bits per heavy atom. The molecule has 1 aromatic carbocycles. The van der Waals surface area contributed by atoms with Crippen molar-refractivity contribution in [2.45, 2.75) is 97.9 Å². The Hall–Kier alpha value is -1.88. The number of piperidine rings is 1. The fourth-order valence-corrected chi connectivity index (χ4v) is 5.45. The number of hydrogen-bond acceptors (Lipinski definition) is 3. The molecule has 1 amide bonds.